The van der Waals surface area contributed by atoms with Crippen molar-refractivity contribution in [3.63, 3.8) is 0 Å². The van der Waals surface area contributed by atoms with Gasteiger partial charge in [-0.1, -0.05) is 13.8 Å². The maximum Gasteiger partial charge on any atom is 0.221 e. The summed E-state index contributed by atoms with van der Waals surface area (Å²) in [5, 5.41) is 0. The van der Waals surface area contributed by atoms with Crippen LogP contribution in [-0.2, 0) is 4.79 Å². The highest BCUT2D eigenvalue weighted by Gasteiger charge is 2.29. The van der Waals surface area contributed by atoms with Crippen molar-refractivity contribution in [3.8, 4) is 11.5 Å². The fraction of sp³-hybridized carbons (Fsp3) is 0.529. The topological polar surface area (TPSA) is 52.6 Å². The molecule has 1 aromatic carbocycles. The lowest BCUT2D eigenvalue weighted by Gasteiger charge is -2.14. The van der Waals surface area contributed by atoms with Crippen molar-refractivity contribution < 1.29 is 23.5 Å². The first-order valence-electron chi connectivity index (χ1n) is 7.51. The van der Waals surface area contributed by atoms with E-state index in [1.165, 1.54) is 6.07 Å². The fourth-order valence-corrected chi connectivity index (χ4v) is 2.03. The van der Waals surface area contributed by atoms with E-state index in [4.69, 9.17) is 9.47 Å². The molecule has 1 atom stereocenters. The number of ether oxygens (including phenoxy) is 2. The van der Waals surface area contributed by atoms with Gasteiger partial charge in [-0.15, -0.1) is 0 Å². The van der Waals surface area contributed by atoms with Gasteiger partial charge in [-0.05, 0) is 38.0 Å². The van der Waals surface area contributed by atoms with E-state index in [0.717, 1.165) is 0 Å². The molecule has 1 aromatic rings. The Morgan fingerprint density at radius 2 is 1.77 bits per heavy atom. The van der Waals surface area contributed by atoms with Gasteiger partial charge >= 0.3 is 0 Å². The van der Waals surface area contributed by atoms with E-state index in [2.05, 4.69) is 0 Å². The van der Waals surface area contributed by atoms with Crippen molar-refractivity contribution in [3.05, 3.63) is 23.8 Å². The van der Waals surface area contributed by atoms with Gasteiger partial charge in [-0.25, -0.2) is 4.39 Å². The number of ketones is 2. The third kappa shape index (κ3) is 4.83. The standard InChI is InChI=1S/C17H23FO4/c1-5-21-12-7-8-15(22-6-2)13(10-12)17(20)16(18)14(19)9-11(3)4/h7-8,10-11,16H,5-6,9H2,1-4H3. The van der Waals surface area contributed by atoms with Crippen LogP contribution in [0.15, 0.2) is 18.2 Å². The van der Waals surface area contributed by atoms with Crippen LogP contribution in [0.5, 0.6) is 11.5 Å². The molecule has 0 saturated heterocycles. The van der Waals surface area contributed by atoms with Crippen LogP contribution in [0, 0.1) is 5.92 Å². The molecule has 4 nitrogen and oxygen atoms in total. The van der Waals surface area contributed by atoms with E-state index >= 15 is 0 Å². The van der Waals surface area contributed by atoms with E-state index in [1.807, 2.05) is 6.92 Å². The van der Waals surface area contributed by atoms with Gasteiger partial charge in [0.1, 0.15) is 11.5 Å². The van der Waals surface area contributed by atoms with Crippen LogP contribution in [0.1, 0.15) is 44.5 Å². The number of carbonyl (C=O) groups is 2. The molecule has 0 aliphatic rings. The molecule has 122 valence electrons. The van der Waals surface area contributed by atoms with Crippen molar-refractivity contribution in [1.29, 1.82) is 0 Å². The Kier molecular flexibility index (Phi) is 7.02. The van der Waals surface area contributed by atoms with E-state index in [-0.39, 0.29) is 23.7 Å². The number of hydrogen-bond donors (Lipinski definition) is 0. The molecule has 22 heavy (non-hydrogen) atoms. The molecule has 0 heterocycles. The number of hydrogen-bond acceptors (Lipinski definition) is 4. The quantitative estimate of drug-likeness (QED) is 0.516. The predicted molar refractivity (Wildman–Crippen MR) is 82.5 cm³/mol. The largest absolute Gasteiger partial charge is 0.494 e. The van der Waals surface area contributed by atoms with Crippen LogP contribution >= 0.6 is 0 Å². The zero-order valence-corrected chi connectivity index (χ0v) is 13.5. The normalized spacial score (nSPS) is 12.1. The smallest absolute Gasteiger partial charge is 0.221 e. The summed E-state index contributed by atoms with van der Waals surface area (Å²) in [5.41, 5.74) is 0.0393. The number of alkyl halides is 1. The van der Waals surface area contributed by atoms with Gasteiger partial charge in [0, 0.05) is 6.42 Å². The van der Waals surface area contributed by atoms with E-state index in [1.54, 1.807) is 32.9 Å². The molecule has 0 amide bonds. The molecule has 0 bridgehead atoms. The molecule has 0 fully saturated rings. The maximum atomic E-state index is 14.2. The Hall–Kier alpha value is -1.91. The highest BCUT2D eigenvalue weighted by atomic mass is 19.1. The SMILES string of the molecule is CCOc1ccc(OCC)c(C(=O)C(F)C(=O)CC(C)C)c1. The van der Waals surface area contributed by atoms with Crippen LogP contribution < -0.4 is 9.47 Å². The lowest BCUT2D eigenvalue weighted by Crippen LogP contribution is -2.27. The summed E-state index contributed by atoms with van der Waals surface area (Å²) in [6.07, 6.45) is -2.14. The highest BCUT2D eigenvalue weighted by Crippen LogP contribution is 2.27. The molecule has 0 spiro atoms. The molecular formula is C17H23FO4. The summed E-state index contributed by atoms with van der Waals surface area (Å²) < 4.78 is 24.8. The number of rotatable bonds is 9. The number of benzene rings is 1. The molecule has 0 aliphatic carbocycles. The lowest BCUT2D eigenvalue weighted by molar-refractivity contribution is -0.122. The first kappa shape index (κ1) is 18.1. The van der Waals surface area contributed by atoms with Crippen molar-refractivity contribution >= 4 is 11.6 Å². The summed E-state index contributed by atoms with van der Waals surface area (Å²) in [6.45, 7) is 7.94. The third-order valence-corrected chi connectivity index (χ3v) is 2.95. The molecule has 1 rings (SSSR count). The minimum Gasteiger partial charge on any atom is -0.494 e. The Bertz CT molecular complexity index is 525. The Balaban J connectivity index is 3.07. The molecule has 0 saturated carbocycles. The molecule has 0 aromatic heterocycles. The van der Waals surface area contributed by atoms with Gasteiger partial charge in [0.05, 0.1) is 18.8 Å². The summed E-state index contributed by atoms with van der Waals surface area (Å²) in [6, 6.07) is 4.63. The van der Waals surface area contributed by atoms with E-state index in [0.29, 0.717) is 19.0 Å². The van der Waals surface area contributed by atoms with Gasteiger partial charge in [-0.2, -0.15) is 0 Å². The average molecular weight is 310 g/mol. The zero-order chi connectivity index (χ0) is 16.7. The molecule has 5 heteroatoms. The van der Waals surface area contributed by atoms with E-state index < -0.39 is 17.7 Å². The van der Waals surface area contributed by atoms with Crippen LogP contribution in [0.4, 0.5) is 4.39 Å². The Labute approximate surface area is 130 Å². The van der Waals surface area contributed by atoms with Crippen LogP contribution in [0.2, 0.25) is 0 Å². The number of carbonyl (C=O) groups excluding carboxylic acids is 2. The summed E-state index contributed by atoms with van der Waals surface area (Å²) in [5.74, 6) is -0.881. The van der Waals surface area contributed by atoms with E-state index in [9.17, 15) is 14.0 Å². The molecule has 1 unspecified atom stereocenters. The van der Waals surface area contributed by atoms with Gasteiger partial charge in [0.25, 0.3) is 0 Å². The lowest BCUT2D eigenvalue weighted by atomic mass is 9.98. The first-order valence-corrected chi connectivity index (χ1v) is 7.51. The summed E-state index contributed by atoms with van der Waals surface area (Å²) in [4.78, 5) is 24.1. The van der Waals surface area contributed by atoms with Crippen molar-refractivity contribution in [1.82, 2.24) is 0 Å². The molecule has 0 radical (unpaired) electrons. The fourth-order valence-electron chi connectivity index (χ4n) is 2.03. The van der Waals surface area contributed by atoms with Crippen LogP contribution in [-0.4, -0.2) is 31.0 Å². The van der Waals surface area contributed by atoms with Gasteiger partial charge in [-0.3, -0.25) is 9.59 Å². The van der Waals surface area contributed by atoms with Gasteiger partial charge < -0.3 is 9.47 Å². The Morgan fingerprint density at radius 1 is 1.14 bits per heavy atom. The maximum absolute atomic E-state index is 14.2. The predicted octanol–water partition coefficient (Wildman–Crippen LogP) is 3.62. The number of Topliss-reactive ketones (excluding diaryl/α,β-unsaturated/α-hetero) is 2. The molecule has 0 aliphatic heterocycles. The summed E-state index contributed by atoms with van der Waals surface area (Å²) >= 11 is 0. The van der Waals surface area contributed by atoms with Crippen molar-refractivity contribution in [2.75, 3.05) is 13.2 Å². The van der Waals surface area contributed by atoms with Crippen LogP contribution in [0.25, 0.3) is 0 Å². The monoisotopic (exact) mass is 310 g/mol. The minimum absolute atomic E-state index is 0.000304. The summed E-state index contributed by atoms with van der Waals surface area (Å²) in [7, 11) is 0. The van der Waals surface area contributed by atoms with Crippen LogP contribution in [0.3, 0.4) is 0 Å². The molecule has 0 N–H and O–H groups in total. The molecular weight excluding hydrogens is 287 g/mol. The second kappa shape index (κ2) is 8.51. The van der Waals surface area contributed by atoms with Crippen molar-refractivity contribution in [2.45, 2.75) is 40.3 Å². The second-order valence-corrected chi connectivity index (χ2v) is 5.32. The minimum atomic E-state index is -2.17. The van der Waals surface area contributed by atoms with Crippen molar-refractivity contribution in [2.24, 2.45) is 5.92 Å². The first-order chi connectivity index (χ1) is 10.4. The third-order valence-electron chi connectivity index (χ3n) is 2.95. The number of halogens is 1. The Morgan fingerprint density at radius 3 is 2.32 bits per heavy atom. The van der Waals surface area contributed by atoms with Gasteiger partial charge in [0.2, 0.25) is 12.0 Å². The zero-order valence-electron chi connectivity index (χ0n) is 13.5. The second-order valence-electron chi connectivity index (χ2n) is 5.32. The average Bonchev–Trinajstić information content (AvgIpc) is 2.47. The van der Waals surface area contributed by atoms with Gasteiger partial charge in [0.15, 0.2) is 5.78 Å². The highest BCUT2D eigenvalue weighted by molar-refractivity contribution is 6.14.